The minimum atomic E-state index is -0.538. The Balaban J connectivity index is 1.42. The number of pyridine rings is 1. The third-order valence-electron chi connectivity index (χ3n) is 5.16. The summed E-state index contributed by atoms with van der Waals surface area (Å²) in [6, 6.07) is 22.3. The highest BCUT2D eigenvalue weighted by Gasteiger charge is 2.27. The lowest BCUT2D eigenvalue weighted by atomic mass is 10.00. The van der Waals surface area contributed by atoms with Gasteiger partial charge in [-0.3, -0.25) is 4.98 Å². The average molecular weight is 457 g/mol. The average Bonchev–Trinajstić information content (AvgIpc) is 3.47. The summed E-state index contributed by atoms with van der Waals surface area (Å²) >= 11 is 6.22. The number of halogens is 1. The monoisotopic (exact) mass is 456 g/mol. The summed E-state index contributed by atoms with van der Waals surface area (Å²) in [6.07, 6.45) is 3.37. The van der Waals surface area contributed by atoms with Crippen LogP contribution in [-0.4, -0.2) is 23.8 Å². The Morgan fingerprint density at radius 1 is 0.939 bits per heavy atom. The van der Waals surface area contributed by atoms with Crippen LogP contribution in [-0.2, 0) is 9.63 Å². The van der Waals surface area contributed by atoms with Crippen LogP contribution < -0.4 is 4.74 Å². The van der Waals surface area contributed by atoms with E-state index in [4.69, 9.17) is 25.6 Å². The number of ether oxygens (including phenoxy) is 1. The molecule has 3 heterocycles. The number of aromatic nitrogens is 1. The van der Waals surface area contributed by atoms with Gasteiger partial charge in [-0.1, -0.05) is 47.1 Å². The summed E-state index contributed by atoms with van der Waals surface area (Å²) in [6.45, 7) is 0. The third-order valence-corrected chi connectivity index (χ3v) is 5.46. The second-order valence-corrected chi connectivity index (χ2v) is 7.63. The van der Waals surface area contributed by atoms with E-state index < -0.39 is 5.97 Å². The molecule has 0 bridgehead atoms. The van der Waals surface area contributed by atoms with Gasteiger partial charge >= 0.3 is 5.97 Å². The van der Waals surface area contributed by atoms with Crippen LogP contribution in [0.1, 0.15) is 11.3 Å². The Hall–Kier alpha value is -4.16. The van der Waals surface area contributed by atoms with E-state index in [0.717, 1.165) is 22.4 Å². The molecule has 0 saturated carbocycles. The summed E-state index contributed by atoms with van der Waals surface area (Å²) in [5, 5.41) is 4.45. The molecule has 0 N–H and O–H groups in total. The molecular weight excluding hydrogens is 440 g/mol. The van der Waals surface area contributed by atoms with Gasteiger partial charge in [0.15, 0.2) is 0 Å². The molecule has 0 amide bonds. The molecule has 0 spiro atoms. The smallest absolute Gasteiger partial charge is 0.368 e. The van der Waals surface area contributed by atoms with Gasteiger partial charge < -0.3 is 14.0 Å². The minimum absolute atomic E-state index is 0.314. The van der Waals surface area contributed by atoms with Gasteiger partial charge in [-0.15, -0.1) is 0 Å². The number of rotatable bonds is 5. The van der Waals surface area contributed by atoms with Crippen molar-refractivity contribution in [1.82, 2.24) is 4.98 Å². The van der Waals surface area contributed by atoms with Crippen molar-refractivity contribution in [1.29, 1.82) is 0 Å². The van der Waals surface area contributed by atoms with Crippen LogP contribution in [0.2, 0.25) is 5.02 Å². The maximum Gasteiger partial charge on any atom is 0.368 e. The topological polar surface area (TPSA) is 73.9 Å². The van der Waals surface area contributed by atoms with E-state index in [1.54, 1.807) is 37.6 Å². The van der Waals surface area contributed by atoms with Crippen LogP contribution in [0.25, 0.3) is 28.7 Å². The summed E-state index contributed by atoms with van der Waals surface area (Å²) < 4.78 is 11.1. The van der Waals surface area contributed by atoms with Gasteiger partial charge in [-0.2, -0.15) is 0 Å². The molecule has 4 aromatic rings. The zero-order valence-electron chi connectivity index (χ0n) is 17.5. The predicted octanol–water partition coefficient (Wildman–Crippen LogP) is 6.02. The first-order chi connectivity index (χ1) is 16.1. The predicted molar refractivity (Wildman–Crippen MR) is 126 cm³/mol. The fraction of sp³-hybridized carbons (Fsp3) is 0.0385. The van der Waals surface area contributed by atoms with E-state index in [-0.39, 0.29) is 0 Å². The summed E-state index contributed by atoms with van der Waals surface area (Å²) in [5.41, 5.74) is 4.12. The standard InChI is InChI=1S/C26H17ClN2O4/c1-31-24-11-9-18(14-21(24)27)23-12-10-19(32-23)15-20-25(29-33-26(20)30)17-7-5-16(6-8-17)22-4-2-3-13-28-22/h2-15H,1H3/b20-15-. The number of carbonyl (C=O) groups is 1. The zero-order chi connectivity index (χ0) is 22.8. The molecule has 0 atom stereocenters. The Kier molecular flexibility index (Phi) is 5.50. The summed E-state index contributed by atoms with van der Waals surface area (Å²) in [4.78, 5) is 21.7. The molecular formula is C26H17ClN2O4. The second-order valence-electron chi connectivity index (χ2n) is 7.22. The van der Waals surface area contributed by atoms with Crippen molar-refractivity contribution in [3.63, 3.8) is 0 Å². The second kappa shape index (κ2) is 8.76. The van der Waals surface area contributed by atoms with E-state index in [2.05, 4.69) is 10.1 Å². The van der Waals surface area contributed by atoms with Crippen molar-refractivity contribution >= 4 is 29.4 Å². The van der Waals surface area contributed by atoms with Gasteiger partial charge in [0.1, 0.15) is 23.0 Å². The SMILES string of the molecule is COc1ccc(-c2ccc(/C=C3\C(=O)ON=C3c3ccc(-c4ccccn4)cc3)o2)cc1Cl. The van der Waals surface area contributed by atoms with Gasteiger partial charge in [0, 0.05) is 22.9 Å². The van der Waals surface area contributed by atoms with Crippen LogP contribution in [0, 0.1) is 0 Å². The minimum Gasteiger partial charge on any atom is -0.495 e. The maximum absolute atomic E-state index is 12.4. The molecule has 33 heavy (non-hydrogen) atoms. The van der Waals surface area contributed by atoms with Crippen molar-refractivity contribution in [3.8, 4) is 28.3 Å². The first kappa shape index (κ1) is 20.7. The molecule has 0 fully saturated rings. The van der Waals surface area contributed by atoms with Crippen LogP contribution in [0.4, 0.5) is 0 Å². The normalized spacial score (nSPS) is 14.3. The fourth-order valence-electron chi connectivity index (χ4n) is 3.50. The van der Waals surface area contributed by atoms with Crippen molar-refractivity contribution in [2.45, 2.75) is 0 Å². The molecule has 2 aromatic carbocycles. The molecule has 1 aliphatic heterocycles. The Morgan fingerprint density at radius 2 is 1.73 bits per heavy atom. The largest absolute Gasteiger partial charge is 0.495 e. The quantitative estimate of drug-likeness (QED) is 0.271. The van der Waals surface area contributed by atoms with Gasteiger partial charge in [0.2, 0.25) is 0 Å². The Labute approximate surface area is 194 Å². The molecule has 0 radical (unpaired) electrons. The highest BCUT2D eigenvalue weighted by atomic mass is 35.5. The molecule has 0 aliphatic carbocycles. The first-order valence-electron chi connectivity index (χ1n) is 10.1. The van der Waals surface area contributed by atoms with Crippen molar-refractivity contribution in [2.24, 2.45) is 5.16 Å². The van der Waals surface area contributed by atoms with E-state index in [1.807, 2.05) is 54.6 Å². The number of oxime groups is 1. The molecule has 5 rings (SSSR count). The Bertz CT molecular complexity index is 1390. The lowest BCUT2D eigenvalue weighted by molar-refractivity contribution is -0.136. The van der Waals surface area contributed by atoms with Gasteiger partial charge in [-0.25, -0.2) is 4.79 Å². The van der Waals surface area contributed by atoms with Gasteiger partial charge in [0.05, 0.1) is 23.4 Å². The highest BCUT2D eigenvalue weighted by molar-refractivity contribution is 6.32. The van der Waals surface area contributed by atoms with Crippen molar-refractivity contribution < 1.29 is 18.8 Å². The highest BCUT2D eigenvalue weighted by Crippen LogP contribution is 2.32. The first-order valence-corrected chi connectivity index (χ1v) is 10.5. The number of carbonyl (C=O) groups excluding carboxylic acids is 1. The van der Waals surface area contributed by atoms with Crippen LogP contribution in [0.3, 0.4) is 0 Å². The lowest BCUT2D eigenvalue weighted by Crippen LogP contribution is -2.06. The Morgan fingerprint density at radius 3 is 2.45 bits per heavy atom. The number of hydrogen-bond acceptors (Lipinski definition) is 6. The molecule has 1 aliphatic rings. The lowest BCUT2D eigenvalue weighted by Gasteiger charge is -2.04. The van der Waals surface area contributed by atoms with Gasteiger partial charge in [0.25, 0.3) is 0 Å². The van der Waals surface area contributed by atoms with Crippen LogP contribution in [0.15, 0.2) is 94.1 Å². The van der Waals surface area contributed by atoms with Crippen LogP contribution in [0.5, 0.6) is 5.75 Å². The van der Waals surface area contributed by atoms with E-state index in [0.29, 0.717) is 33.6 Å². The van der Waals surface area contributed by atoms with Crippen LogP contribution >= 0.6 is 11.6 Å². The maximum atomic E-state index is 12.4. The molecule has 6 nitrogen and oxygen atoms in total. The number of nitrogens with zero attached hydrogens (tertiary/aromatic N) is 2. The summed E-state index contributed by atoms with van der Waals surface area (Å²) in [7, 11) is 1.56. The number of benzene rings is 2. The fourth-order valence-corrected chi connectivity index (χ4v) is 3.76. The number of methoxy groups -OCH3 is 1. The van der Waals surface area contributed by atoms with E-state index in [9.17, 15) is 4.79 Å². The van der Waals surface area contributed by atoms with Gasteiger partial charge in [-0.05, 0) is 48.5 Å². The zero-order valence-corrected chi connectivity index (χ0v) is 18.2. The van der Waals surface area contributed by atoms with E-state index >= 15 is 0 Å². The molecule has 0 saturated heterocycles. The molecule has 162 valence electrons. The van der Waals surface area contributed by atoms with E-state index in [1.165, 1.54) is 0 Å². The molecule has 0 unspecified atom stereocenters. The van der Waals surface area contributed by atoms with Crippen molar-refractivity contribution in [3.05, 3.63) is 101 Å². The summed E-state index contributed by atoms with van der Waals surface area (Å²) in [5.74, 6) is 1.14. The number of furan rings is 1. The van der Waals surface area contributed by atoms with Crippen molar-refractivity contribution in [2.75, 3.05) is 7.11 Å². The molecule has 2 aromatic heterocycles. The number of hydrogen-bond donors (Lipinski definition) is 0. The third kappa shape index (κ3) is 4.16. The molecule has 7 heteroatoms.